The molecule has 1 saturated heterocycles. The Morgan fingerprint density at radius 1 is 1.03 bits per heavy atom. The molecule has 1 aliphatic carbocycles. The van der Waals surface area contributed by atoms with Crippen molar-refractivity contribution in [3.63, 3.8) is 0 Å². The van der Waals surface area contributed by atoms with E-state index in [1.165, 1.54) is 0 Å². The van der Waals surface area contributed by atoms with Gasteiger partial charge in [-0.3, -0.25) is 9.59 Å². The number of pyridine rings is 1. The predicted molar refractivity (Wildman–Crippen MR) is 116 cm³/mol. The molecule has 6 nitrogen and oxygen atoms in total. The van der Waals surface area contributed by atoms with E-state index in [4.69, 9.17) is 27.9 Å². The molecule has 4 rings (SSSR count). The van der Waals surface area contributed by atoms with Gasteiger partial charge in [0.1, 0.15) is 6.10 Å². The monoisotopic (exact) mass is 447 g/mol. The molecule has 1 N–H and O–H groups in total. The molecule has 2 heterocycles. The zero-order valence-corrected chi connectivity index (χ0v) is 17.9. The van der Waals surface area contributed by atoms with Crippen LogP contribution in [-0.2, 0) is 9.59 Å². The maximum Gasteiger partial charge on any atom is 0.227 e. The Hall–Kier alpha value is -2.31. The molecule has 1 saturated carbocycles. The first-order valence-electron chi connectivity index (χ1n) is 10.1. The lowest BCUT2D eigenvalue weighted by Gasteiger charge is -2.29. The molecule has 2 amide bonds. The summed E-state index contributed by atoms with van der Waals surface area (Å²) >= 11 is 11.8. The van der Waals surface area contributed by atoms with Crippen molar-refractivity contribution < 1.29 is 14.3 Å². The summed E-state index contributed by atoms with van der Waals surface area (Å²) in [4.78, 5) is 30.9. The Kier molecular flexibility index (Phi) is 6.44. The molecule has 158 valence electrons. The average molecular weight is 448 g/mol. The molecule has 0 bridgehead atoms. The van der Waals surface area contributed by atoms with Crippen LogP contribution in [0.4, 0.5) is 5.69 Å². The second-order valence-corrected chi connectivity index (χ2v) is 8.67. The fraction of sp³-hybridized carbons (Fsp3) is 0.409. The molecule has 1 atom stereocenters. The van der Waals surface area contributed by atoms with Gasteiger partial charge in [-0.15, -0.1) is 0 Å². The average Bonchev–Trinajstić information content (AvgIpc) is 3.13. The number of hydrogen-bond acceptors (Lipinski definition) is 4. The highest BCUT2D eigenvalue weighted by atomic mass is 35.5. The van der Waals surface area contributed by atoms with Gasteiger partial charge in [-0.05, 0) is 56.0 Å². The Labute approximate surface area is 185 Å². The molecule has 1 aliphatic heterocycles. The molecule has 1 aromatic heterocycles. The van der Waals surface area contributed by atoms with Crippen LogP contribution in [0.1, 0.15) is 32.1 Å². The fourth-order valence-electron chi connectivity index (χ4n) is 4.00. The SMILES string of the molecule is O=C(NC1CCC(Oc2ccc(Cl)cn2)CC1)C1CC(=O)N(c2ccc(Cl)cc2)C1. The van der Waals surface area contributed by atoms with Gasteiger partial charge < -0.3 is 15.0 Å². The van der Waals surface area contributed by atoms with Gasteiger partial charge in [-0.2, -0.15) is 0 Å². The fourth-order valence-corrected chi connectivity index (χ4v) is 4.24. The highest BCUT2D eigenvalue weighted by Gasteiger charge is 2.36. The number of anilines is 1. The Balaban J connectivity index is 1.25. The molecule has 2 aromatic rings. The van der Waals surface area contributed by atoms with Gasteiger partial charge in [0.15, 0.2) is 0 Å². The molecule has 0 spiro atoms. The molecule has 1 aromatic carbocycles. The quantitative estimate of drug-likeness (QED) is 0.743. The molecule has 30 heavy (non-hydrogen) atoms. The summed E-state index contributed by atoms with van der Waals surface area (Å²) in [7, 11) is 0. The molecule has 2 fully saturated rings. The van der Waals surface area contributed by atoms with Crippen LogP contribution in [0.2, 0.25) is 10.0 Å². The summed E-state index contributed by atoms with van der Waals surface area (Å²) in [6, 6.07) is 10.7. The second-order valence-electron chi connectivity index (χ2n) is 7.80. The number of carbonyl (C=O) groups is 2. The largest absolute Gasteiger partial charge is 0.474 e. The zero-order valence-electron chi connectivity index (χ0n) is 16.4. The van der Waals surface area contributed by atoms with Gasteiger partial charge in [0, 0.05) is 42.0 Å². The Morgan fingerprint density at radius 2 is 1.73 bits per heavy atom. The lowest BCUT2D eigenvalue weighted by Crippen LogP contribution is -2.43. The van der Waals surface area contributed by atoms with Crippen LogP contribution in [-0.4, -0.2) is 35.5 Å². The van der Waals surface area contributed by atoms with E-state index in [1.807, 2.05) is 0 Å². The van der Waals surface area contributed by atoms with E-state index in [0.29, 0.717) is 22.5 Å². The number of halogens is 2. The maximum atomic E-state index is 12.7. The molecule has 8 heteroatoms. The normalized spacial score (nSPS) is 24.0. The van der Waals surface area contributed by atoms with Crippen molar-refractivity contribution in [2.75, 3.05) is 11.4 Å². The van der Waals surface area contributed by atoms with E-state index in [0.717, 1.165) is 31.4 Å². The third-order valence-electron chi connectivity index (χ3n) is 5.64. The first-order chi connectivity index (χ1) is 14.5. The first kappa shape index (κ1) is 20.9. The van der Waals surface area contributed by atoms with E-state index in [-0.39, 0.29) is 36.3 Å². The van der Waals surface area contributed by atoms with Crippen LogP contribution >= 0.6 is 23.2 Å². The van der Waals surface area contributed by atoms with Gasteiger partial charge >= 0.3 is 0 Å². The number of ether oxygens (including phenoxy) is 1. The topological polar surface area (TPSA) is 71.5 Å². The molecule has 0 radical (unpaired) electrons. The van der Waals surface area contributed by atoms with Gasteiger partial charge in [0.05, 0.1) is 10.9 Å². The number of hydrogen-bond donors (Lipinski definition) is 1. The van der Waals surface area contributed by atoms with Gasteiger partial charge in [0.2, 0.25) is 17.7 Å². The number of nitrogens with zero attached hydrogens (tertiary/aromatic N) is 2. The Bertz CT molecular complexity index is 897. The minimum Gasteiger partial charge on any atom is -0.474 e. The van der Waals surface area contributed by atoms with Crippen LogP contribution in [0.25, 0.3) is 0 Å². The van der Waals surface area contributed by atoms with Crippen LogP contribution in [0, 0.1) is 5.92 Å². The lowest BCUT2D eigenvalue weighted by atomic mass is 9.92. The number of aromatic nitrogens is 1. The van der Waals surface area contributed by atoms with E-state index in [2.05, 4.69) is 10.3 Å². The van der Waals surface area contributed by atoms with E-state index in [9.17, 15) is 9.59 Å². The highest BCUT2D eigenvalue weighted by molar-refractivity contribution is 6.30. The van der Waals surface area contributed by atoms with Crippen LogP contribution in [0.5, 0.6) is 5.88 Å². The third kappa shape index (κ3) is 5.05. The third-order valence-corrected chi connectivity index (χ3v) is 6.12. The van der Waals surface area contributed by atoms with Crippen molar-refractivity contribution in [2.24, 2.45) is 5.92 Å². The highest BCUT2D eigenvalue weighted by Crippen LogP contribution is 2.28. The number of nitrogens with one attached hydrogen (secondary N) is 1. The number of carbonyl (C=O) groups excluding carboxylic acids is 2. The smallest absolute Gasteiger partial charge is 0.227 e. The molecule has 1 unspecified atom stereocenters. The lowest BCUT2D eigenvalue weighted by molar-refractivity contribution is -0.127. The standard InChI is InChI=1S/C22H23Cl2N3O3/c23-15-1-6-18(7-2-15)27-13-14(11-21(27)28)22(29)26-17-4-8-19(9-5-17)30-20-10-3-16(24)12-25-20/h1-3,6-7,10,12,14,17,19H,4-5,8-9,11,13H2,(H,26,29). The first-order valence-corrected chi connectivity index (χ1v) is 10.9. The summed E-state index contributed by atoms with van der Waals surface area (Å²) in [5, 5.41) is 4.32. The van der Waals surface area contributed by atoms with Gasteiger partial charge in [-0.1, -0.05) is 23.2 Å². The van der Waals surface area contributed by atoms with Crippen molar-refractivity contribution in [2.45, 2.75) is 44.2 Å². The molecule has 2 aliphatic rings. The van der Waals surface area contributed by atoms with E-state index in [1.54, 1.807) is 47.5 Å². The molecular weight excluding hydrogens is 425 g/mol. The van der Waals surface area contributed by atoms with Crippen molar-refractivity contribution >= 4 is 40.7 Å². The summed E-state index contributed by atoms with van der Waals surface area (Å²) < 4.78 is 5.91. The maximum absolute atomic E-state index is 12.7. The van der Waals surface area contributed by atoms with Crippen molar-refractivity contribution in [1.82, 2.24) is 10.3 Å². The van der Waals surface area contributed by atoms with Crippen LogP contribution in [0.3, 0.4) is 0 Å². The molecular formula is C22H23Cl2N3O3. The minimum atomic E-state index is -0.333. The zero-order chi connectivity index (χ0) is 21.1. The summed E-state index contributed by atoms with van der Waals surface area (Å²) in [6.07, 6.45) is 5.25. The predicted octanol–water partition coefficient (Wildman–Crippen LogP) is 4.25. The number of benzene rings is 1. The minimum absolute atomic E-state index is 0.0370. The van der Waals surface area contributed by atoms with Crippen molar-refractivity contribution in [3.05, 3.63) is 52.6 Å². The number of rotatable bonds is 5. The van der Waals surface area contributed by atoms with Gasteiger partial charge in [0.25, 0.3) is 0 Å². The summed E-state index contributed by atoms with van der Waals surface area (Å²) in [5.74, 6) is 0.146. The summed E-state index contributed by atoms with van der Waals surface area (Å²) in [5.41, 5.74) is 0.771. The van der Waals surface area contributed by atoms with Gasteiger partial charge in [-0.25, -0.2) is 4.98 Å². The number of amides is 2. The van der Waals surface area contributed by atoms with Crippen LogP contribution < -0.4 is 15.0 Å². The van der Waals surface area contributed by atoms with E-state index < -0.39 is 0 Å². The van der Waals surface area contributed by atoms with Crippen molar-refractivity contribution in [1.29, 1.82) is 0 Å². The second kappa shape index (κ2) is 9.23. The Morgan fingerprint density at radius 3 is 2.40 bits per heavy atom. The van der Waals surface area contributed by atoms with E-state index >= 15 is 0 Å². The van der Waals surface area contributed by atoms with Crippen LogP contribution in [0.15, 0.2) is 42.6 Å². The van der Waals surface area contributed by atoms with Crippen molar-refractivity contribution in [3.8, 4) is 5.88 Å². The summed E-state index contributed by atoms with van der Waals surface area (Å²) in [6.45, 7) is 0.396.